The molecule has 2 aliphatic heterocycles. The number of halogens is 2. The molecule has 1 N–H and O–H groups in total. The molecular weight excluding hydrogens is 365 g/mol. The second-order valence-corrected chi connectivity index (χ2v) is 5.79. The van der Waals surface area contributed by atoms with E-state index < -0.39 is 0 Å². The molecule has 1 atom stereocenters. The SMILES string of the molecule is CCOc1ccccc1N1CCN(C(=O)C2COCCN2)CC1.Cl.Cl. The molecule has 25 heavy (non-hydrogen) atoms. The number of benzene rings is 1. The molecule has 0 saturated carbocycles. The third-order valence-corrected chi connectivity index (χ3v) is 4.32. The zero-order valence-electron chi connectivity index (χ0n) is 14.5. The van der Waals surface area contributed by atoms with Gasteiger partial charge in [0.05, 0.1) is 25.5 Å². The fourth-order valence-electron chi connectivity index (χ4n) is 3.11. The number of amides is 1. The van der Waals surface area contributed by atoms with Crippen LogP contribution in [0.15, 0.2) is 24.3 Å². The van der Waals surface area contributed by atoms with Crippen LogP contribution < -0.4 is 15.0 Å². The van der Waals surface area contributed by atoms with Crippen molar-refractivity contribution in [2.75, 3.05) is 57.4 Å². The zero-order chi connectivity index (χ0) is 16.1. The van der Waals surface area contributed by atoms with Crippen molar-refractivity contribution < 1.29 is 14.3 Å². The van der Waals surface area contributed by atoms with Gasteiger partial charge in [0.2, 0.25) is 5.91 Å². The third-order valence-electron chi connectivity index (χ3n) is 4.32. The zero-order valence-corrected chi connectivity index (χ0v) is 16.1. The van der Waals surface area contributed by atoms with Crippen LogP contribution in [-0.2, 0) is 9.53 Å². The summed E-state index contributed by atoms with van der Waals surface area (Å²) < 4.78 is 11.1. The largest absolute Gasteiger partial charge is 0.492 e. The number of hydrogen-bond acceptors (Lipinski definition) is 5. The average Bonchev–Trinajstić information content (AvgIpc) is 2.63. The van der Waals surface area contributed by atoms with Crippen molar-refractivity contribution in [3.63, 3.8) is 0 Å². The average molecular weight is 392 g/mol. The molecule has 1 amide bonds. The monoisotopic (exact) mass is 391 g/mol. The van der Waals surface area contributed by atoms with Crippen LogP contribution in [0.5, 0.6) is 5.75 Å². The third kappa shape index (κ3) is 5.38. The van der Waals surface area contributed by atoms with E-state index in [4.69, 9.17) is 9.47 Å². The number of morpholine rings is 1. The van der Waals surface area contributed by atoms with E-state index in [0.29, 0.717) is 19.8 Å². The lowest BCUT2D eigenvalue weighted by Gasteiger charge is -2.38. The van der Waals surface area contributed by atoms with Crippen molar-refractivity contribution in [2.45, 2.75) is 13.0 Å². The predicted molar refractivity (Wildman–Crippen MR) is 104 cm³/mol. The van der Waals surface area contributed by atoms with Gasteiger partial charge in [0, 0.05) is 32.7 Å². The lowest BCUT2D eigenvalue weighted by molar-refractivity contribution is -0.136. The molecule has 2 fully saturated rings. The number of anilines is 1. The molecule has 3 rings (SSSR count). The van der Waals surface area contributed by atoms with Gasteiger partial charge in [-0.25, -0.2) is 0 Å². The first-order chi connectivity index (χ1) is 11.3. The maximum atomic E-state index is 12.5. The van der Waals surface area contributed by atoms with E-state index in [-0.39, 0.29) is 36.8 Å². The van der Waals surface area contributed by atoms with Crippen LogP contribution in [0, 0.1) is 0 Å². The summed E-state index contributed by atoms with van der Waals surface area (Å²) in [6.45, 7) is 7.67. The van der Waals surface area contributed by atoms with E-state index in [1.54, 1.807) is 0 Å². The molecule has 2 heterocycles. The number of para-hydroxylation sites is 2. The molecule has 0 aliphatic carbocycles. The molecule has 0 aromatic heterocycles. The van der Waals surface area contributed by atoms with Crippen molar-refractivity contribution in [2.24, 2.45) is 0 Å². The second kappa shape index (κ2) is 10.7. The minimum absolute atomic E-state index is 0. The Hall–Kier alpha value is -1.21. The van der Waals surface area contributed by atoms with Crippen LogP contribution in [0.25, 0.3) is 0 Å². The van der Waals surface area contributed by atoms with Crippen molar-refractivity contribution >= 4 is 36.4 Å². The quantitative estimate of drug-likeness (QED) is 0.843. The predicted octanol–water partition coefficient (Wildman–Crippen LogP) is 1.57. The Morgan fingerprint density at radius 2 is 1.96 bits per heavy atom. The van der Waals surface area contributed by atoms with Crippen LogP contribution in [0.4, 0.5) is 5.69 Å². The molecule has 0 bridgehead atoms. The Morgan fingerprint density at radius 3 is 2.60 bits per heavy atom. The number of carbonyl (C=O) groups is 1. The number of nitrogens with zero attached hydrogens (tertiary/aromatic N) is 2. The highest BCUT2D eigenvalue weighted by Gasteiger charge is 2.29. The highest BCUT2D eigenvalue weighted by Crippen LogP contribution is 2.28. The molecule has 1 aromatic carbocycles. The topological polar surface area (TPSA) is 54.0 Å². The molecule has 0 spiro atoms. The molecule has 6 nitrogen and oxygen atoms in total. The summed E-state index contributed by atoms with van der Waals surface area (Å²) in [5.41, 5.74) is 1.11. The Labute approximate surface area is 161 Å². The fourth-order valence-corrected chi connectivity index (χ4v) is 3.11. The highest BCUT2D eigenvalue weighted by molar-refractivity contribution is 5.85. The van der Waals surface area contributed by atoms with Crippen LogP contribution in [-0.4, -0.2) is 69.4 Å². The lowest BCUT2D eigenvalue weighted by Crippen LogP contribution is -2.57. The number of hydrogen-bond donors (Lipinski definition) is 1. The summed E-state index contributed by atoms with van der Waals surface area (Å²) in [5, 5.41) is 3.24. The normalized spacial score (nSPS) is 20.3. The van der Waals surface area contributed by atoms with Gasteiger partial charge in [-0.1, -0.05) is 12.1 Å². The summed E-state index contributed by atoms with van der Waals surface area (Å²) >= 11 is 0. The molecule has 2 saturated heterocycles. The van der Waals surface area contributed by atoms with Crippen LogP contribution in [0.3, 0.4) is 0 Å². The Balaban J connectivity index is 0.00000156. The van der Waals surface area contributed by atoms with Crippen LogP contribution >= 0.6 is 24.8 Å². The van der Waals surface area contributed by atoms with Crippen molar-refractivity contribution in [1.29, 1.82) is 0 Å². The molecule has 0 radical (unpaired) electrons. The van der Waals surface area contributed by atoms with E-state index in [9.17, 15) is 4.79 Å². The number of piperazine rings is 1. The fraction of sp³-hybridized carbons (Fsp3) is 0.588. The van der Waals surface area contributed by atoms with Crippen molar-refractivity contribution in [3.8, 4) is 5.75 Å². The highest BCUT2D eigenvalue weighted by atomic mass is 35.5. The van der Waals surface area contributed by atoms with E-state index in [1.807, 2.05) is 30.0 Å². The van der Waals surface area contributed by atoms with Gasteiger partial charge in [0.1, 0.15) is 11.8 Å². The number of nitrogens with one attached hydrogen (secondary N) is 1. The molecule has 1 aromatic rings. The van der Waals surface area contributed by atoms with Gasteiger partial charge in [-0.3, -0.25) is 4.79 Å². The van der Waals surface area contributed by atoms with Crippen molar-refractivity contribution in [3.05, 3.63) is 24.3 Å². The Morgan fingerprint density at radius 1 is 1.24 bits per heavy atom. The van der Waals surface area contributed by atoms with Crippen LogP contribution in [0.1, 0.15) is 6.92 Å². The van der Waals surface area contributed by atoms with Gasteiger partial charge in [-0.2, -0.15) is 0 Å². The van der Waals surface area contributed by atoms with E-state index in [0.717, 1.165) is 44.2 Å². The maximum absolute atomic E-state index is 12.5. The summed E-state index contributed by atoms with van der Waals surface area (Å²) in [4.78, 5) is 16.7. The van der Waals surface area contributed by atoms with E-state index in [2.05, 4.69) is 16.3 Å². The Kier molecular flexibility index (Phi) is 9.35. The minimum Gasteiger partial charge on any atom is -0.492 e. The van der Waals surface area contributed by atoms with Gasteiger partial charge in [0.15, 0.2) is 0 Å². The molecule has 2 aliphatic rings. The summed E-state index contributed by atoms with van der Waals surface area (Å²) in [5.74, 6) is 1.07. The lowest BCUT2D eigenvalue weighted by atomic mass is 10.2. The number of rotatable bonds is 4. The molecular formula is C17H27Cl2N3O3. The summed E-state index contributed by atoms with van der Waals surface area (Å²) in [7, 11) is 0. The molecule has 1 unspecified atom stereocenters. The van der Waals surface area contributed by atoms with E-state index in [1.165, 1.54) is 0 Å². The van der Waals surface area contributed by atoms with E-state index >= 15 is 0 Å². The summed E-state index contributed by atoms with van der Waals surface area (Å²) in [6.07, 6.45) is 0. The first-order valence-corrected chi connectivity index (χ1v) is 8.36. The number of carbonyl (C=O) groups excluding carboxylic acids is 1. The smallest absolute Gasteiger partial charge is 0.242 e. The van der Waals surface area contributed by atoms with Gasteiger partial charge in [0.25, 0.3) is 0 Å². The number of ether oxygens (including phenoxy) is 2. The first kappa shape index (κ1) is 21.8. The molecule has 8 heteroatoms. The summed E-state index contributed by atoms with van der Waals surface area (Å²) in [6, 6.07) is 7.91. The second-order valence-electron chi connectivity index (χ2n) is 5.79. The van der Waals surface area contributed by atoms with Crippen molar-refractivity contribution in [1.82, 2.24) is 10.2 Å². The maximum Gasteiger partial charge on any atom is 0.242 e. The van der Waals surface area contributed by atoms with Gasteiger partial charge in [-0.05, 0) is 19.1 Å². The van der Waals surface area contributed by atoms with Gasteiger partial charge < -0.3 is 24.6 Å². The first-order valence-electron chi connectivity index (χ1n) is 8.36. The minimum atomic E-state index is -0.189. The van der Waals surface area contributed by atoms with Gasteiger partial charge in [-0.15, -0.1) is 24.8 Å². The molecule has 142 valence electrons. The standard InChI is InChI=1S/C17H25N3O3.2ClH/c1-2-23-16-6-4-3-5-15(16)19-8-10-20(11-9-19)17(21)14-13-22-12-7-18-14;;/h3-6,14,18H,2,7-13H2,1H3;2*1H. The van der Waals surface area contributed by atoms with Gasteiger partial charge >= 0.3 is 0 Å². The Bertz CT molecular complexity index is 534. The van der Waals surface area contributed by atoms with Crippen LogP contribution in [0.2, 0.25) is 0 Å².